The van der Waals surface area contributed by atoms with Crippen LogP contribution in [0.25, 0.3) is 0 Å². The molecule has 1 fully saturated rings. The van der Waals surface area contributed by atoms with Crippen molar-refractivity contribution in [3.05, 3.63) is 87.9 Å². The second-order valence-electron chi connectivity index (χ2n) is 8.29. The molecule has 3 aromatic rings. The van der Waals surface area contributed by atoms with Crippen LogP contribution in [0, 0.1) is 12.7 Å². The molecule has 3 amide bonds. The summed E-state index contributed by atoms with van der Waals surface area (Å²) in [5.74, 6) is -2.61. The molecule has 0 radical (unpaired) electrons. The molecule has 1 aliphatic heterocycles. The number of amides is 3. The first-order valence-electron chi connectivity index (χ1n) is 11.2. The lowest BCUT2D eigenvalue weighted by atomic mass is 10.1. The zero-order chi connectivity index (χ0) is 25.9. The summed E-state index contributed by atoms with van der Waals surface area (Å²) in [6.45, 7) is 2.06. The number of aryl methyl sites for hydroxylation is 1. The molecule has 188 valence electrons. The van der Waals surface area contributed by atoms with Gasteiger partial charge in [0.05, 0.1) is 15.3 Å². The molecular weight excluding hydrogens is 505 g/mol. The van der Waals surface area contributed by atoms with E-state index >= 15 is 0 Å². The van der Waals surface area contributed by atoms with Gasteiger partial charge >= 0.3 is 0 Å². The first-order chi connectivity index (χ1) is 17.2. The number of hydrogen-bond acceptors (Lipinski definition) is 6. The van der Waals surface area contributed by atoms with Gasteiger partial charge in [0.2, 0.25) is 15.2 Å². The summed E-state index contributed by atoms with van der Waals surface area (Å²) in [4.78, 5) is 41.8. The monoisotopic (exact) mass is 529 g/mol. The Bertz CT molecular complexity index is 1370. The van der Waals surface area contributed by atoms with E-state index in [0.29, 0.717) is 0 Å². The van der Waals surface area contributed by atoms with Crippen molar-refractivity contribution >= 4 is 38.9 Å². The van der Waals surface area contributed by atoms with E-state index in [1.165, 1.54) is 46.2 Å². The van der Waals surface area contributed by atoms with Crippen molar-refractivity contribution in [2.75, 3.05) is 26.2 Å². The van der Waals surface area contributed by atoms with E-state index in [-0.39, 0.29) is 41.5 Å². The first kappa shape index (κ1) is 25.5. The molecule has 4 rings (SSSR count). The Morgan fingerprint density at radius 3 is 2.17 bits per heavy atom. The van der Waals surface area contributed by atoms with Crippen LogP contribution in [-0.4, -0.2) is 67.5 Å². The van der Waals surface area contributed by atoms with Gasteiger partial charge in [0.25, 0.3) is 17.7 Å². The van der Waals surface area contributed by atoms with Gasteiger partial charge in [-0.1, -0.05) is 35.9 Å². The highest BCUT2D eigenvalue weighted by Crippen LogP contribution is 2.20. The van der Waals surface area contributed by atoms with E-state index in [0.717, 1.165) is 16.9 Å². The van der Waals surface area contributed by atoms with E-state index in [1.807, 2.05) is 0 Å². The van der Waals surface area contributed by atoms with Crippen molar-refractivity contribution in [1.82, 2.24) is 15.1 Å². The molecule has 0 aliphatic carbocycles. The number of rotatable bonds is 6. The van der Waals surface area contributed by atoms with E-state index in [1.54, 1.807) is 36.6 Å². The minimum atomic E-state index is -4.28. The van der Waals surface area contributed by atoms with Gasteiger partial charge in [0, 0.05) is 26.2 Å². The number of nitrogens with one attached hydrogen (secondary N) is 1. The summed E-state index contributed by atoms with van der Waals surface area (Å²) < 4.78 is 41.0. The maximum absolute atomic E-state index is 14.0. The smallest absolute Gasteiger partial charge is 0.262 e. The molecule has 0 saturated carbocycles. The van der Waals surface area contributed by atoms with Crippen LogP contribution in [0.2, 0.25) is 0 Å². The molecule has 1 N–H and O–H groups in total. The summed E-state index contributed by atoms with van der Waals surface area (Å²) in [7, 11) is -4.28. The van der Waals surface area contributed by atoms with Crippen LogP contribution in [0.5, 0.6) is 0 Å². The molecule has 0 spiro atoms. The second kappa shape index (κ2) is 10.6. The van der Waals surface area contributed by atoms with Gasteiger partial charge in [0.15, 0.2) is 0 Å². The average Bonchev–Trinajstić information content (AvgIpc) is 3.42. The Hall–Kier alpha value is -3.57. The fourth-order valence-corrected chi connectivity index (χ4v) is 5.93. The lowest BCUT2D eigenvalue weighted by Crippen LogP contribution is -2.57. The first-order valence-corrected chi connectivity index (χ1v) is 13.6. The molecule has 11 heteroatoms. The highest BCUT2D eigenvalue weighted by Gasteiger charge is 2.40. The maximum atomic E-state index is 14.0. The van der Waals surface area contributed by atoms with Crippen molar-refractivity contribution in [1.29, 1.82) is 0 Å². The molecule has 36 heavy (non-hydrogen) atoms. The van der Waals surface area contributed by atoms with E-state index in [9.17, 15) is 27.2 Å². The van der Waals surface area contributed by atoms with Crippen LogP contribution in [0.4, 0.5) is 4.39 Å². The number of carbonyl (C=O) groups is 3. The van der Waals surface area contributed by atoms with Gasteiger partial charge in [-0.25, -0.2) is 12.8 Å². The Kier molecular flexibility index (Phi) is 7.51. The number of thiophene rings is 1. The minimum Gasteiger partial charge on any atom is -0.336 e. The normalized spacial score (nSPS) is 14.8. The summed E-state index contributed by atoms with van der Waals surface area (Å²) >= 11 is 1.12. The molecule has 0 bridgehead atoms. The third-order valence-electron chi connectivity index (χ3n) is 5.87. The van der Waals surface area contributed by atoms with Gasteiger partial charge in [-0.2, -0.15) is 0 Å². The van der Waals surface area contributed by atoms with Crippen LogP contribution >= 0.6 is 11.3 Å². The molecule has 1 unspecified atom stereocenters. The fraction of sp³-hybridized carbons (Fsp3) is 0.240. The number of halogens is 1. The average molecular weight is 530 g/mol. The summed E-state index contributed by atoms with van der Waals surface area (Å²) in [6.07, 6.45) is 0. The predicted molar refractivity (Wildman–Crippen MR) is 133 cm³/mol. The zero-order valence-corrected chi connectivity index (χ0v) is 21.0. The highest BCUT2D eigenvalue weighted by atomic mass is 32.2. The Labute approximate surface area is 212 Å². The highest BCUT2D eigenvalue weighted by molar-refractivity contribution is 7.92. The van der Waals surface area contributed by atoms with Gasteiger partial charge in [0.1, 0.15) is 5.82 Å². The number of hydrogen-bond donors (Lipinski definition) is 1. The van der Waals surface area contributed by atoms with E-state index < -0.39 is 38.7 Å². The van der Waals surface area contributed by atoms with E-state index in [4.69, 9.17) is 0 Å². The SMILES string of the molecule is Cc1ccc(S(=O)(=O)C(NC(=O)c2cccs2)C(=O)N2CCN(C(=O)c3ccccc3F)CC2)cc1. The summed E-state index contributed by atoms with van der Waals surface area (Å²) in [6, 6.07) is 14.8. The van der Waals surface area contributed by atoms with Gasteiger partial charge in [-0.3, -0.25) is 14.4 Å². The van der Waals surface area contributed by atoms with Crippen molar-refractivity contribution in [2.45, 2.75) is 17.2 Å². The standard InChI is InChI=1S/C25H24FN3O5S2/c1-17-8-10-18(11-9-17)36(33,34)23(27-22(30)21-7-4-16-35-21)25(32)29-14-12-28(13-15-29)24(31)19-5-2-3-6-20(19)26/h2-11,16,23H,12-15H2,1H3,(H,27,30). The van der Waals surface area contributed by atoms with Crippen LogP contribution in [-0.2, 0) is 14.6 Å². The largest absolute Gasteiger partial charge is 0.336 e. The van der Waals surface area contributed by atoms with E-state index in [2.05, 4.69) is 5.32 Å². The third-order valence-corrected chi connectivity index (χ3v) is 8.61. The van der Waals surface area contributed by atoms with Gasteiger partial charge in [-0.05, 0) is 42.6 Å². The summed E-state index contributed by atoms with van der Waals surface area (Å²) in [5.41, 5.74) is 0.774. The van der Waals surface area contributed by atoms with Crippen molar-refractivity contribution in [2.24, 2.45) is 0 Å². The number of sulfone groups is 1. The molecule has 1 aliphatic rings. The summed E-state index contributed by atoms with van der Waals surface area (Å²) in [5, 5.41) is 2.23. The minimum absolute atomic E-state index is 0.0355. The molecule has 1 saturated heterocycles. The van der Waals surface area contributed by atoms with Gasteiger partial charge < -0.3 is 15.1 Å². The molecule has 8 nitrogen and oxygen atoms in total. The van der Waals surface area contributed by atoms with Crippen molar-refractivity contribution in [3.8, 4) is 0 Å². The van der Waals surface area contributed by atoms with Crippen LogP contribution in [0.15, 0.2) is 70.9 Å². The molecule has 2 aromatic carbocycles. The van der Waals surface area contributed by atoms with Gasteiger partial charge in [-0.15, -0.1) is 11.3 Å². The fourth-order valence-electron chi connectivity index (χ4n) is 3.83. The Balaban J connectivity index is 1.54. The Morgan fingerprint density at radius 2 is 1.56 bits per heavy atom. The number of nitrogens with zero attached hydrogens (tertiary/aromatic N) is 2. The molecular formula is C25H24FN3O5S2. The lowest BCUT2D eigenvalue weighted by molar-refractivity contribution is -0.132. The molecule has 1 atom stereocenters. The number of carbonyl (C=O) groups excluding carboxylic acids is 3. The Morgan fingerprint density at radius 1 is 0.917 bits per heavy atom. The topological polar surface area (TPSA) is 104 Å². The number of benzene rings is 2. The van der Waals surface area contributed by atoms with Crippen molar-refractivity contribution in [3.63, 3.8) is 0 Å². The molecule has 2 heterocycles. The van der Waals surface area contributed by atoms with Crippen LogP contribution < -0.4 is 5.32 Å². The predicted octanol–water partition coefficient (Wildman–Crippen LogP) is 2.71. The third kappa shape index (κ3) is 5.31. The quantitative estimate of drug-likeness (QED) is 0.529. The second-order valence-corrected chi connectivity index (χ2v) is 11.3. The molecule has 1 aromatic heterocycles. The zero-order valence-electron chi connectivity index (χ0n) is 19.4. The van der Waals surface area contributed by atoms with Crippen LogP contribution in [0.1, 0.15) is 25.6 Å². The van der Waals surface area contributed by atoms with Crippen LogP contribution in [0.3, 0.4) is 0 Å². The number of piperazine rings is 1. The maximum Gasteiger partial charge on any atom is 0.262 e. The van der Waals surface area contributed by atoms with Crippen molar-refractivity contribution < 1.29 is 27.2 Å². The lowest BCUT2D eigenvalue weighted by Gasteiger charge is -2.36.